The molecule has 2 amide bonds. The number of nitrogens with one attached hydrogen (secondary N) is 1. The lowest BCUT2D eigenvalue weighted by molar-refractivity contribution is 0.0985. The molecule has 0 saturated heterocycles. The van der Waals surface area contributed by atoms with Gasteiger partial charge in [0.15, 0.2) is 5.76 Å². The maximum absolute atomic E-state index is 13.2. The number of hydrogen-bond donors (Lipinski definition) is 1. The summed E-state index contributed by atoms with van der Waals surface area (Å²) in [5, 5.41) is 4.88. The molecule has 4 aromatic rings. The molecule has 0 saturated carbocycles. The number of nitrogens with zero attached hydrogens (tertiary/aromatic N) is 1. The Bertz CT molecular complexity index is 1140. The fraction of sp³-hybridized carbons (Fsp3) is 0.0833. The summed E-state index contributed by atoms with van der Waals surface area (Å²) in [6.07, 6.45) is 1.45. The third-order valence-corrected chi connectivity index (χ3v) is 4.75. The van der Waals surface area contributed by atoms with Crippen LogP contribution in [-0.2, 0) is 0 Å². The van der Waals surface area contributed by atoms with Gasteiger partial charge in [0, 0.05) is 23.2 Å². The normalized spacial score (nSPS) is 10.7. The molecule has 29 heavy (non-hydrogen) atoms. The number of fused-ring (bicyclic) bond motifs is 1. The Morgan fingerprint density at radius 1 is 0.897 bits per heavy atom. The molecule has 0 radical (unpaired) electrons. The molecular formula is C24H20N2O3. The second kappa shape index (κ2) is 8.02. The van der Waals surface area contributed by atoms with Crippen LogP contribution in [-0.4, -0.2) is 18.4 Å². The highest BCUT2D eigenvalue weighted by Crippen LogP contribution is 2.28. The molecule has 5 heteroatoms. The van der Waals surface area contributed by atoms with Crippen molar-refractivity contribution in [3.63, 3.8) is 0 Å². The highest BCUT2D eigenvalue weighted by molar-refractivity contribution is 6.11. The zero-order valence-electron chi connectivity index (χ0n) is 16.0. The second-order valence-electron chi connectivity index (χ2n) is 6.56. The van der Waals surface area contributed by atoms with E-state index in [1.54, 1.807) is 41.3 Å². The third kappa shape index (κ3) is 3.75. The molecule has 0 aliphatic carbocycles. The van der Waals surface area contributed by atoms with Crippen molar-refractivity contribution in [2.24, 2.45) is 0 Å². The molecule has 0 bridgehead atoms. The van der Waals surface area contributed by atoms with Crippen molar-refractivity contribution in [1.82, 2.24) is 0 Å². The van der Waals surface area contributed by atoms with Gasteiger partial charge in [0.1, 0.15) is 0 Å². The average molecular weight is 384 g/mol. The fourth-order valence-corrected chi connectivity index (χ4v) is 3.32. The van der Waals surface area contributed by atoms with Gasteiger partial charge in [0.2, 0.25) is 0 Å². The van der Waals surface area contributed by atoms with Crippen LogP contribution in [0.3, 0.4) is 0 Å². The van der Waals surface area contributed by atoms with E-state index in [0.29, 0.717) is 17.8 Å². The van der Waals surface area contributed by atoms with Crippen molar-refractivity contribution in [2.45, 2.75) is 6.92 Å². The van der Waals surface area contributed by atoms with E-state index in [2.05, 4.69) is 5.32 Å². The van der Waals surface area contributed by atoms with Crippen LogP contribution in [0, 0.1) is 0 Å². The van der Waals surface area contributed by atoms with Crippen molar-refractivity contribution in [1.29, 1.82) is 0 Å². The zero-order valence-corrected chi connectivity index (χ0v) is 16.0. The fourth-order valence-electron chi connectivity index (χ4n) is 3.32. The summed E-state index contributed by atoms with van der Waals surface area (Å²) in [6, 6.07) is 24.1. The van der Waals surface area contributed by atoms with E-state index in [1.165, 1.54) is 6.26 Å². The molecule has 0 atom stereocenters. The number of hydrogen-bond acceptors (Lipinski definition) is 3. The standard InChI is InChI=1S/C24H20N2O3/c1-2-26(21-10-5-8-17-7-3-4-9-20(17)21)24(28)18-12-14-19(15-13-18)25-23(27)22-11-6-16-29-22/h3-16H,2H2,1H3,(H,25,27). The van der Waals surface area contributed by atoms with Crippen LogP contribution in [0.5, 0.6) is 0 Å². The van der Waals surface area contributed by atoms with Gasteiger partial charge in [0.25, 0.3) is 11.8 Å². The number of benzene rings is 3. The lowest BCUT2D eigenvalue weighted by Crippen LogP contribution is -2.30. The van der Waals surface area contributed by atoms with Crippen molar-refractivity contribution in [2.75, 3.05) is 16.8 Å². The minimum atomic E-state index is -0.333. The number of carbonyl (C=O) groups excluding carboxylic acids is 2. The largest absolute Gasteiger partial charge is 0.459 e. The van der Waals surface area contributed by atoms with E-state index < -0.39 is 0 Å². The highest BCUT2D eigenvalue weighted by Gasteiger charge is 2.18. The number of rotatable bonds is 5. The molecule has 0 aliphatic heterocycles. The van der Waals surface area contributed by atoms with E-state index in [1.807, 2.05) is 49.4 Å². The van der Waals surface area contributed by atoms with Crippen LogP contribution < -0.4 is 10.2 Å². The number of carbonyl (C=O) groups is 2. The summed E-state index contributed by atoms with van der Waals surface area (Å²) in [7, 11) is 0. The maximum atomic E-state index is 13.2. The SMILES string of the molecule is CCN(C(=O)c1ccc(NC(=O)c2ccco2)cc1)c1cccc2ccccc12. The molecule has 144 valence electrons. The summed E-state index contributed by atoms with van der Waals surface area (Å²) in [6.45, 7) is 2.50. The van der Waals surface area contributed by atoms with Crippen LogP contribution >= 0.6 is 0 Å². The van der Waals surface area contributed by atoms with Gasteiger partial charge in [-0.3, -0.25) is 9.59 Å². The van der Waals surface area contributed by atoms with E-state index in [-0.39, 0.29) is 17.6 Å². The van der Waals surface area contributed by atoms with Crippen molar-refractivity contribution < 1.29 is 14.0 Å². The Hall–Kier alpha value is -3.86. The van der Waals surface area contributed by atoms with Crippen LogP contribution in [0.1, 0.15) is 27.8 Å². The molecule has 1 aromatic heterocycles. The van der Waals surface area contributed by atoms with Gasteiger partial charge in [-0.25, -0.2) is 0 Å². The third-order valence-electron chi connectivity index (χ3n) is 4.75. The molecule has 3 aromatic carbocycles. The first-order valence-electron chi connectivity index (χ1n) is 9.42. The Morgan fingerprint density at radius 3 is 2.38 bits per heavy atom. The summed E-state index contributed by atoms with van der Waals surface area (Å²) < 4.78 is 5.09. The quantitative estimate of drug-likeness (QED) is 0.504. The number of furan rings is 1. The molecule has 1 heterocycles. The first-order valence-corrected chi connectivity index (χ1v) is 9.42. The van der Waals surface area contributed by atoms with Gasteiger partial charge < -0.3 is 14.6 Å². The smallest absolute Gasteiger partial charge is 0.291 e. The predicted molar refractivity (Wildman–Crippen MR) is 114 cm³/mol. The van der Waals surface area contributed by atoms with Crippen LogP contribution in [0.2, 0.25) is 0 Å². The van der Waals surface area contributed by atoms with Crippen molar-refractivity contribution >= 4 is 34.0 Å². The Morgan fingerprint density at radius 2 is 1.66 bits per heavy atom. The average Bonchev–Trinajstić information content (AvgIpc) is 3.30. The number of amides is 2. The highest BCUT2D eigenvalue weighted by atomic mass is 16.3. The Kier molecular flexibility index (Phi) is 5.12. The molecule has 5 nitrogen and oxygen atoms in total. The maximum Gasteiger partial charge on any atom is 0.291 e. The van der Waals surface area contributed by atoms with E-state index in [9.17, 15) is 9.59 Å². The summed E-state index contributed by atoms with van der Waals surface area (Å²) in [4.78, 5) is 27.0. The molecule has 0 aliphatic rings. The lowest BCUT2D eigenvalue weighted by Gasteiger charge is -2.23. The second-order valence-corrected chi connectivity index (χ2v) is 6.56. The first kappa shape index (κ1) is 18.5. The lowest BCUT2D eigenvalue weighted by atomic mass is 10.1. The van der Waals surface area contributed by atoms with Crippen molar-refractivity contribution in [3.8, 4) is 0 Å². The first-order chi connectivity index (χ1) is 14.2. The monoisotopic (exact) mass is 384 g/mol. The van der Waals surface area contributed by atoms with E-state index in [0.717, 1.165) is 16.5 Å². The van der Waals surface area contributed by atoms with Gasteiger partial charge in [-0.2, -0.15) is 0 Å². The molecule has 0 fully saturated rings. The predicted octanol–water partition coefficient (Wildman–Crippen LogP) is 5.35. The van der Waals surface area contributed by atoms with E-state index in [4.69, 9.17) is 4.42 Å². The zero-order chi connectivity index (χ0) is 20.2. The van der Waals surface area contributed by atoms with Crippen LogP contribution in [0.25, 0.3) is 10.8 Å². The molecule has 4 rings (SSSR count). The van der Waals surface area contributed by atoms with Crippen LogP contribution in [0.4, 0.5) is 11.4 Å². The van der Waals surface area contributed by atoms with Gasteiger partial charge in [0.05, 0.1) is 12.0 Å². The van der Waals surface area contributed by atoms with Gasteiger partial charge in [-0.1, -0.05) is 36.4 Å². The Balaban J connectivity index is 1.57. The number of anilines is 2. The Labute approximate surface area is 168 Å². The van der Waals surface area contributed by atoms with Gasteiger partial charge in [-0.15, -0.1) is 0 Å². The summed E-state index contributed by atoms with van der Waals surface area (Å²) in [5.41, 5.74) is 2.03. The summed E-state index contributed by atoms with van der Waals surface area (Å²) in [5.74, 6) is -0.189. The molecule has 1 N–H and O–H groups in total. The summed E-state index contributed by atoms with van der Waals surface area (Å²) >= 11 is 0. The van der Waals surface area contributed by atoms with E-state index >= 15 is 0 Å². The topological polar surface area (TPSA) is 62.6 Å². The van der Waals surface area contributed by atoms with Gasteiger partial charge in [-0.05, 0) is 54.8 Å². The minimum absolute atomic E-state index is 0.0900. The molecule has 0 spiro atoms. The molecular weight excluding hydrogens is 364 g/mol. The van der Waals surface area contributed by atoms with Crippen molar-refractivity contribution in [3.05, 3.63) is 96.4 Å². The minimum Gasteiger partial charge on any atom is -0.459 e. The van der Waals surface area contributed by atoms with Gasteiger partial charge >= 0.3 is 0 Å². The van der Waals surface area contributed by atoms with Crippen LogP contribution in [0.15, 0.2) is 89.5 Å². The molecule has 0 unspecified atom stereocenters.